The first kappa shape index (κ1) is 11.0. The summed E-state index contributed by atoms with van der Waals surface area (Å²) in [4.78, 5) is 3.91. The minimum Gasteiger partial charge on any atom is -0.447 e. The van der Waals surface area contributed by atoms with Gasteiger partial charge in [0.25, 0.3) is 0 Å². The van der Waals surface area contributed by atoms with E-state index in [4.69, 9.17) is 4.42 Å². The van der Waals surface area contributed by atoms with Crippen molar-refractivity contribution < 1.29 is 4.42 Å². The van der Waals surface area contributed by atoms with E-state index in [1.54, 1.807) is 6.20 Å². The van der Waals surface area contributed by atoms with Crippen LogP contribution in [0.2, 0.25) is 0 Å². The van der Waals surface area contributed by atoms with Gasteiger partial charge in [-0.05, 0) is 19.1 Å². The van der Waals surface area contributed by atoms with Gasteiger partial charge in [-0.2, -0.15) is 11.8 Å². The Kier molecular flexibility index (Phi) is 4.09. The van der Waals surface area contributed by atoms with Crippen molar-refractivity contribution in [1.29, 1.82) is 0 Å². The molecule has 1 saturated carbocycles. The average molecular weight is 226 g/mol. The maximum atomic E-state index is 5.21. The molecular formula is C11H18N2OS. The number of aromatic nitrogens is 1. The Balaban J connectivity index is 1.81. The average Bonchev–Trinajstić information content (AvgIpc) is 2.79. The van der Waals surface area contributed by atoms with Crippen molar-refractivity contribution >= 4 is 11.8 Å². The first-order valence-electron chi connectivity index (χ1n) is 5.53. The number of nitrogens with zero attached hydrogens (tertiary/aromatic N) is 1. The summed E-state index contributed by atoms with van der Waals surface area (Å²) in [5.74, 6) is 0.931. The van der Waals surface area contributed by atoms with E-state index in [-0.39, 0.29) is 0 Å². The number of nitrogens with one attached hydrogen (secondary N) is 1. The van der Waals surface area contributed by atoms with Crippen LogP contribution in [0.1, 0.15) is 31.4 Å². The molecule has 0 aromatic carbocycles. The molecule has 1 heterocycles. The molecule has 1 aliphatic carbocycles. The van der Waals surface area contributed by atoms with Crippen LogP contribution in [0.5, 0.6) is 0 Å². The summed E-state index contributed by atoms with van der Waals surface area (Å²) in [7, 11) is 0. The summed E-state index contributed by atoms with van der Waals surface area (Å²) < 4.78 is 5.21. The number of rotatable bonds is 4. The van der Waals surface area contributed by atoms with E-state index in [0.29, 0.717) is 6.04 Å². The van der Waals surface area contributed by atoms with Gasteiger partial charge < -0.3 is 9.73 Å². The third-order valence-corrected chi connectivity index (χ3v) is 4.20. The Hall–Kier alpha value is -0.480. The molecule has 0 saturated heterocycles. The number of oxazole rings is 1. The Morgan fingerprint density at radius 3 is 3.13 bits per heavy atom. The predicted molar refractivity (Wildman–Crippen MR) is 62.9 cm³/mol. The lowest BCUT2D eigenvalue weighted by Gasteiger charge is -2.30. The second-order valence-corrected chi connectivity index (χ2v) is 5.09. The second-order valence-electron chi connectivity index (χ2n) is 4.01. The van der Waals surface area contributed by atoms with Gasteiger partial charge >= 0.3 is 0 Å². The van der Waals surface area contributed by atoms with E-state index >= 15 is 0 Å². The Labute approximate surface area is 95.0 Å². The molecule has 2 atom stereocenters. The van der Waals surface area contributed by atoms with Gasteiger partial charge in [0.2, 0.25) is 0 Å². The zero-order valence-electron chi connectivity index (χ0n) is 9.11. The van der Waals surface area contributed by atoms with Gasteiger partial charge in [0.1, 0.15) is 5.76 Å². The molecule has 0 spiro atoms. The maximum absolute atomic E-state index is 5.21. The third-order valence-electron chi connectivity index (χ3n) is 3.03. The van der Waals surface area contributed by atoms with E-state index in [2.05, 4.69) is 16.6 Å². The summed E-state index contributed by atoms with van der Waals surface area (Å²) in [5, 5.41) is 4.34. The molecule has 84 valence electrons. The van der Waals surface area contributed by atoms with Crippen molar-refractivity contribution in [2.24, 2.45) is 0 Å². The van der Waals surface area contributed by atoms with Crippen LogP contribution in [-0.4, -0.2) is 22.5 Å². The molecule has 0 amide bonds. The van der Waals surface area contributed by atoms with Crippen LogP contribution in [0, 0.1) is 0 Å². The zero-order chi connectivity index (χ0) is 10.5. The molecule has 0 aliphatic heterocycles. The lowest BCUT2D eigenvalue weighted by molar-refractivity contribution is 0.365. The lowest BCUT2D eigenvalue weighted by Crippen LogP contribution is -2.39. The van der Waals surface area contributed by atoms with Crippen molar-refractivity contribution in [3.63, 3.8) is 0 Å². The highest BCUT2D eigenvalue weighted by atomic mass is 32.2. The molecule has 0 radical (unpaired) electrons. The van der Waals surface area contributed by atoms with Crippen molar-refractivity contribution in [3.05, 3.63) is 18.4 Å². The summed E-state index contributed by atoms with van der Waals surface area (Å²) in [6.07, 6.45) is 10.8. The van der Waals surface area contributed by atoms with Crippen molar-refractivity contribution in [2.45, 2.75) is 43.5 Å². The topological polar surface area (TPSA) is 38.1 Å². The Bertz CT molecular complexity index is 276. The van der Waals surface area contributed by atoms with Crippen LogP contribution in [0.3, 0.4) is 0 Å². The highest BCUT2D eigenvalue weighted by Crippen LogP contribution is 2.27. The molecule has 2 rings (SSSR count). The van der Waals surface area contributed by atoms with Crippen LogP contribution in [0.25, 0.3) is 0 Å². The van der Waals surface area contributed by atoms with Crippen LogP contribution < -0.4 is 5.32 Å². The number of hydrogen-bond donors (Lipinski definition) is 1. The van der Waals surface area contributed by atoms with Crippen LogP contribution >= 0.6 is 11.8 Å². The fourth-order valence-corrected chi connectivity index (χ4v) is 3.14. The Morgan fingerprint density at radius 2 is 2.40 bits per heavy atom. The molecule has 0 bridgehead atoms. The van der Waals surface area contributed by atoms with Gasteiger partial charge in [0, 0.05) is 11.3 Å². The molecule has 3 nitrogen and oxygen atoms in total. The monoisotopic (exact) mass is 226 g/mol. The number of thioether (sulfide) groups is 1. The molecule has 4 heteroatoms. The van der Waals surface area contributed by atoms with Crippen molar-refractivity contribution in [2.75, 3.05) is 6.26 Å². The fraction of sp³-hybridized carbons (Fsp3) is 0.727. The minimum atomic E-state index is 0.638. The molecule has 1 fully saturated rings. The first-order chi connectivity index (χ1) is 7.40. The van der Waals surface area contributed by atoms with Crippen molar-refractivity contribution in [1.82, 2.24) is 10.3 Å². The summed E-state index contributed by atoms with van der Waals surface area (Å²) in [6, 6.07) is 0.638. The largest absolute Gasteiger partial charge is 0.447 e. The van der Waals surface area contributed by atoms with E-state index in [9.17, 15) is 0 Å². The molecule has 2 unspecified atom stereocenters. The van der Waals surface area contributed by atoms with Crippen LogP contribution in [0.4, 0.5) is 0 Å². The van der Waals surface area contributed by atoms with E-state index < -0.39 is 0 Å². The molecule has 1 N–H and O–H groups in total. The molecular weight excluding hydrogens is 208 g/mol. The minimum absolute atomic E-state index is 0.638. The number of hydrogen-bond acceptors (Lipinski definition) is 4. The fourth-order valence-electron chi connectivity index (χ4n) is 2.17. The van der Waals surface area contributed by atoms with Gasteiger partial charge in [-0.15, -0.1) is 0 Å². The molecule has 15 heavy (non-hydrogen) atoms. The van der Waals surface area contributed by atoms with Gasteiger partial charge in [-0.3, -0.25) is 0 Å². The third kappa shape index (κ3) is 2.98. The first-order valence-corrected chi connectivity index (χ1v) is 6.82. The predicted octanol–water partition coefficient (Wildman–Crippen LogP) is 2.44. The van der Waals surface area contributed by atoms with Crippen LogP contribution in [0.15, 0.2) is 17.0 Å². The summed E-state index contributed by atoms with van der Waals surface area (Å²) in [5.41, 5.74) is 0. The summed E-state index contributed by atoms with van der Waals surface area (Å²) in [6.45, 7) is 0.807. The molecule has 1 aliphatic rings. The second kappa shape index (κ2) is 5.56. The quantitative estimate of drug-likeness (QED) is 0.855. The lowest BCUT2D eigenvalue weighted by atomic mass is 9.95. The zero-order valence-corrected chi connectivity index (χ0v) is 9.93. The SMILES string of the molecule is CSC1CCCCC1NCc1cnco1. The molecule has 1 aromatic heterocycles. The summed E-state index contributed by atoms with van der Waals surface area (Å²) >= 11 is 1.98. The van der Waals surface area contributed by atoms with Crippen LogP contribution in [-0.2, 0) is 6.54 Å². The Morgan fingerprint density at radius 1 is 1.53 bits per heavy atom. The smallest absolute Gasteiger partial charge is 0.180 e. The van der Waals surface area contributed by atoms with Gasteiger partial charge in [0.05, 0.1) is 12.7 Å². The van der Waals surface area contributed by atoms with E-state index in [1.165, 1.54) is 32.1 Å². The van der Waals surface area contributed by atoms with Crippen molar-refractivity contribution in [3.8, 4) is 0 Å². The maximum Gasteiger partial charge on any atom is 0.180 e. The standard InChI is InChI=1S/C11H18N2OS/c1-15-11-5-3-2-4-10(11)13-7-9-6-12-8-14-9/h6,8,10-11,13H,2-5,7H2,1H3. The highest BCUT2D eigenvalue weighted by Gasteiger charge is 2.23. The normalized spacial score (nSPS) is 26.7. The van der Waals surface area contributed by atoms with E-state index in [1.807, 2.05) is 11.8 Å². The molecule has 1 aromatic rings. The van der Waals surface area contributed by atoms with E-state index in [0.717, 1.165) is 17.6 Å². The highest BCUT2D eigenvalue weighted by molar-refractivity contribution is 7.99. The van der Waals surface area contributed by atoms with Gasteiger partial charge in [0.15, 0.2) is 6.39 Å². The van der Waals surface area contributed by atoms with Gasteiger partial charge in [-0.1, -0.05) is 12.8 Å². The van der Waals surface area contributed by atoms with Gasteiger partial charge in [-0.25, -0.2) is 4.98 Å².